The van der Waals surface area contributed by atoms with Crippen LogP contribution in [0.5, 0.6) is 5.75 Å². The number of nitrogens with zero attached hydrogens (tertiary/aromatic N) is 1. The first kappa shape index (κ1) is 18.7. The molecule has 1 aliphatic heterocycles. The van der Waals surface area contributed by atoms with Crippen molar-refractivity contribution in [3.63, 3.8) is 0 Å². The summed E-state index contributed by atoms with van der Waals surface area (Å²) in [5.41, 5.74) is 7.00. The van der Waals surface area contributed by atoms with Crippen molar-refractivity contribution in [3.8, 4) is 5.75 Å². The number of halogens is 1. The van der Waals surface area contributed by atoms with Crippen LogP contribution < -0.4 is 10.5 Å². The first-order chi connectivity index (χ1) is 10.1. The summed E-state index contributed by atoms with van der Waals surface area (Å²) in [6, 6.07) is 7.49. The first-order valence-corrected chi connectivity index (χ1v) is 7.37. The van der Waals surface area contributed by atoms with E-state index in [2.05, 4.69) is 6.92 Å². The van der Waals surface area contributed by atoms with Gasteiger partial charge in [0.05, 0.1) is 6.61 Å². The van der Waals surface area contributed by atoms with E-state index in [1.54, 1.807) is 12.0 Å². The Kier molecular flexibility index (Phi) is 7.65. The van der Waals surface area contributed by atoms with E-state index in [-0.39, 0.29) is 31.0 Å². The fraction of sp³-hybridized carbons (Fsp3) is 0.562. The number of benzene rings is 1. The van der Waals surface area contributed by atoms with E-state index in [0.29, 0.717) is 13.1 Å². The minimum Gasteiger partial charge on any atom is -0.490 e. The number of aryl methyl sites for hydroxylation is 1. The molecule has 1 atom stereocenters. The van der Waals surface area contributed by atoms with Gasteiger partial charge in [0.1, 0.15) is 17.9 Å². The Morgan fingerprint density at radius 1 is 1.32 bits per heavy atom. The third kappa shape index (κ3) is 5.16. The predicted molar refractivity (Wildman–Crippen MR) is 88.5 cm³/mol. The van der Waals surface area contributed by atoms with Gasteiger partial charge in [-0.3, -0.25) is 4.79 Å². The second kappa shape index (κ2) is 8.98. The topological polar surface area (TPSA) is 64.8 Å². The van der Waals surface area contributed by atoms with Crippen molar-refractivity contribution < 1.29 is 14.3 Å². The van der Waals surface area contributed by atoms with E-state index in [1.165, 1.54) is 5.56 Å². The summed E-state index contributed by atoms with van der Waals surface area (Å²) in [5, 5.41) is 0. The molecule has 1 saturated heterocycles. The van der Waals surface area contributed by atoms with Crippen molar-refractivity contribution in [2.75, 3.05) is 26.8 Å². The zero-order valence-electron chi connectivity index (χ0n) is 13.2. The van der Waals surface area contributed by atoms with E-state index < -0.39 is 6.04 Å². The van der Waals surface area contributed by atoms with Crippen LogP contribution in [0.15, 0.2) is 24.3 Å². The Hall–Kier alpha value is -1.30. The molecule has 1 aromatic carbocycles. The maximum absolute atomic E-state index is 12.1. The molecule has 2 rings (SSSR count). The highest BCUT2D eigenvalue weighted by atomic mass is 35.5. The van der Waals surface area contributed by atoms with Crippen LogP contribution in [0.3, 0.4) is 0 Å². The quantitative estimate of drug-likeness (QED) is 0.894. The molecule has 1 fully saturated rings. The van der Waals surface area contributed by atoms with Crippen LogP contribution in [-0.4, -0.2) is 49.8 Å². The van der Waals surface area contributed by atoms with Gasteiger partial charge >= 0.3 is 0 Å². The minimum absolute atomic E-state index is 0. The molecule has 0 radical (unpaired) electrons. The molecule has 22 heavy (non-hydrogen) atoms. The molecule has 0 saturated carbocycles. The molecule has 0 bridgehead atoms. The van der Waals surface area contributed by atoms with Gasteiger partial charge in [0.15, 0.2) is 0 Å². The summed E-state index contributed by atoms with van der Waals surface area (Å²) < 4.78 is 10.9. The second-order valence-electron chi connectivity index (χ2n) is 5.52. The van der Waals surface area contributed by atoms with Crippen LogP contribution >= 0.6 is 12.4 Å². The van der Waals surface area contributed by atoms with Crippen LogP contribution in [0.4, 0.5) is 0 Å². The number of rotatable bonds is 5. The highest BCUT2D eigenvalue weighted by Gasteiger charge is 2.27. The van der Waals surface area contributed by atoms with Crippen molar-refractivity contribution in [1.82, 2.24) is 4.90 Å². The molecule has 1 heterocycles. The molecule has 1 amide bonds. The number of nitrogens with two attached hydrogens (primary N) is 1. The minimum atomic E-state index is -0.565. The number of carbonyl (C=O) groups is 1. The third-order valence-corrected chi connectivity index (χ3v) is 3.74. The predicted octanol–water partition coefficient (Wildman–Crippen LogP) is 1.76. The number of methoxy groups -OCH3 is 1. The van der Waals surface area contributed by atoms with Gasteiger partial charge in [0.2, 0.25) is 5.91 Å². The monoisotopic (exact) mass is 328 g/mol. The molecule has 5 nitrogen and oxygen atoms in total. The molecule has 1 aromatic rings. The summed E-state index contributed by atoms with van der Waals surface area (Å²) in [6.07, 6.45) is 1.83. The number of likely N-dealkylation sites (tertiary alicyclic amines) is 1. The van der Waals surface area contributed by atoms with E-state index in [1.807, 2.05) is 24.3 Å². The number of piperidine rings is 1. The fourth-order valence-corrected chi connectivity index (χ4v) is 2.49. The van der Waals surface area contributed by atoms with Gasteiger partial charge in [-0.15, -0.1) is 12.4 Å². The van der Waals surface area contributed by atoms with Crippen molar-refractivity contribution in [1.29, 1.82) is 0 Å². The highest BCUT2D eigenvalue weighted by molar-refractivity contribution is 5.85. The molecule has 0 spiro atoms. The molecule has 1 aliphatic rings. The van der Waals surface area contributed by atoms with Gasteiger partial charge in [0, 0.05) is 33.0 Å². The number of ether oxygens (including phenoxy) is 2. The molecule has 6 heteroatoms. The highest BCUT2D eigenvalue weighted by Crippen LogP contribution is 2.19. The maximum Gasteiger partial charge on any atom is 0.241 e. The summed E-state index contributed by atoms with van der Waals surface area (Å²) in [4.78, 5) is 13.9. The molecule has 1 unspecified atom stereocenters. The summed E-state index contributed by atoms with van der Waals surface area (Å²) >= 11 is 0. The van der Waals surface area contributed by atoms with E-state index in [0.717, 1.165) is 18.6 Å². The number of amides is 1. The van der Waals surface area contributed by atoms with Crippen LogP contribution in [0.2, 0.25) is 0 Å². The lowest BCUT2D eigenvalue weighted by Gasteiger charge is -2.33. The van der Waals surface area contributed by atoms with Crippen molar-refractivity contribution >= 4 is 18.3 Å². The van der Waals surface area contributed by atoms with Gasteiger partial charge in [0.25, 0.3) is 0 Å². The third-order valence-electron chi connectivity index (χ3n) is 3.74. The number of carbonyl (C=O) groups excluding carboxylic acids is 1. The van der Waals surface area contributed by atoms with Gasteiger partial charge < -0.3 is 20.1 Å². The molecule has 2 N–H and O–H groups in total. The SMILES string of the molecule is COCC(N)C(=O)N1CCC(Oc2ccc(C)cc2)CC1.Cl. The van der Waals surface area contributed by atoms with Gasteiger partial charge in [-0.2, -0.15) is 0 Å². The van der Waals surface area contributed by atoms with Gasteiger partial charge in [-0.25, -0.2) is 0 Å². The molecule has 124 valence electrons. The Morgan fingerprint density at radius 2 is 1.91 bits per heavy atom. The van der Waals surface area contributed by atoms with Gasteiger partial charge in [-0.1, -0.05) is 17.7 Å². The van der Waals surface area contributed by atoms with Crippen LogP contribution in [0.1, 0.15) is 18.4 Å². The second-order valence-corrected chi connectivity index (χ2v) is 5.52. The average molecular weight is 329 g/mol. The Balaban J connectivity index is 0.00000242. The molecular formula is C16H25ClN2O3. The molecular weight excluding hydrogens is 304 g/mol. The summed E-state index contributed by atoms with van der Waals surface area (Å²) in [7, 11) is 1.55. The normalized spacial score (nSPS) is 16.8. The summed E-state index contributed by atoms with van der Waals surface area (Å²) in [5.74, 6) is 0.854. The lowest BCUT2D eigenvalue weighted by atomic mass is 10.1. The van der Waals surface area contributed by atoms with E-state index in [9.17, 15) is 4.79 Å². The van der Waals surface area contributed by atoms with Crippen LogP contribution in [0, 0.1) is 6.92 Å². The van der Waals surface area contributed by atoms with E-state index >= 15 is 0 Å². The maximum atomic E-state index is 12.1. The Morgan fingerprint density at radius 3 is 2.45 bits per heavy atom. The largest absolute Gasteiger partial charge is 0.490 e. The van der Waals surface area contributed by atoms with Crippen LogP contribution in [-0.2, 0) is 9.53 Å². The van der Waals surface area contributed by atoms with Crippen molar-refractivity contribution in [3.05, 3.63) is 29.8 Å². The smallest absolute Gasteiger partial charge is 0.241 e. The zero-order chi connectivity index (χ0) is 15.2. The molecule has 0 aromatic heterocycles. The summed E-state index contributed by atoms with van der Waals surface area (Å²) in [6.45, 7) is 3.69. The van der Waals surface area contributed by atoms with Gasteiger partial charge in [-0.05, 0) is 19.1 Å². The first-order valence-electron chi connectivity index (χ1n) is 7.37. The Labute approximate surface area is 138 Å². The molecule has 0 aliphatic carbocycles. The standard InChI is InChI=1S/C16H24N2O3.ClH/c1-12-3-5-13(6-4-12)21-14-7-9-18(10-8-14)16(19)15(17)11-20-2;/h3-6,14-15H,7-11,17H2,1-2H3;1H. The fourth-order valence-electron chi connectivity index (χ4n) is 2.49. The average Bonchev–Trinajstić information content (AvgIpc) is 2.50. The lowest BCUT2D eigenvalue weighted by Crippen LogP contribution is -2.50. The Bertz CT molecular complexity index is 459. The number of hydrogen-bond acceptors (Lipinski definition) is 4. The lowest BCUT2D eigenvalue weighted by molar-refractivity contribution is -0.135. The van der Waals surface area contributed by atoms with Crippen LogP contribution in [0.25, 0.3) is 0 Å². The van der Waals surface area contributed by atoms with Crippen molar-refractivity contribution in [2.45, 2.75) is 31.9 Å². The van der Waals surface area contributed by atoms with Crippen molar-refractivity contribution in [2.24, 2.45) is 5.73 Å². The van der Waals surface area contributed by atoms with E-state index in [4.69, 9.17) is 15.2 Å². The number of hydrogen-bond donors (Lipinski definition) is 1. The zero-order valence-corrected chi connectivity index (χ0v) is 14.0.